The summed E-state index contributed by atoms with van der Waals surface area (Å²) in [5.41, 5.74) is 3.14. The van der Waals surface area contributed by atoms with Crippen molar-refractivity contribution in [3.63, 3.8) is 0 Å². The van der Waals surface area contributed by atoms with Crippen molar-refractivity contribution < 1.29 is 9.53 Å². The van der Waals surface area contributed by atoms with Crippen LogP contribution in [0.15, 0.2) is 66.0 Å². The predicted octanol–water partition coefficient (Wildman–Crippen LogP) is 4.87. The van der Waals surface area contributed by atoms with Crippen LogP contribution in [0.1, 0.15) is 18.1 Å². The van der Waals surface area contributed by atoms with Crippen LogP contribution in [0.5, 0.6) is 11.6 Å². The summed E-state index contributed by atoms with van der Waals surface area (Å²) in [6.07, 6.45) is 4.09. The van der Waals surface area contributed by atoms with Gasteiger partial charge in [0.2, 0.25) is 5.91 Å². The molecule has 3 aromatic rings. The molecule has 1 amide bonds. The van der Waals surface area contributed by atoms with Gasteiger partial charge in [-0.3, -0.25) is 4.79 Å². The van der Waals surface area contributed by atoms with Crippen molar-refractivity contribution in [3.8, 4) is 11.6 Å². The molecule has 0 atom stereocenters. The van der Waals surface area contributed by atoms with Gasteiger partial charge in [0.05, 0.1) is 5.75 Å². The lowest BCUT2D eigenvalue weighted by Crippen LogP contribution is -2.14. The monoisotopic (exact) mass is 379 g/mol. The molecular formula is C21H21N3O2S. The number of benzene rings is 2. The van der Waals surface area contributed by atoms with Crippen LogP contribution in [-0.2, 0) is 11.2 Å². The number of ether oxygens (including phenoxy) is 1. The molecule has 0 bridgehead atoms. The molecule has 0 saturated heterocycles. The molecule has 5 nitrogen and oxygen atoms in total. The summed E-state index contributed by atoms with van der Waals surface area (Å²) < 4.78 is 5.82. The summed E-state index contributed by atoms with van der Waals surface area (Å²) in [6.45, 7) is 4.10. The maximum atomic E-state index is 12.3. The van der Waals surface area contributed by atoms with Gasteiger partial charge < -0.3 is 10.1 Å². The van der Waals surface area contributed by atoms with Gasteiger partial charge in [-0.2, -0.15) is 0 Å². The lowest BCUT2D eigenvalue weighted by molar-refractivity contribution is -0.113. The van der Waals surface area contributed by atoms with Crippen molar-refractivity contribution in [2.45, 2.75) is 25.3 Å². The fourth-order valence-electron chi connectivity index (χ4n) is 2.40. The average Bonchev–Trinajstić information content (AvgIpc) is 2.69. The van der Waals surface area contributed by atoms with E-state index in [9.17, 15) is 4.79 Å². The maximum Gasteiger partial charge on any atom is 0.252 e. The Morgan fingerprint density at radius 3 is 2.67 bits per heavy atom. The number of nitrogens with one attached hydrogen (secondary N) is 1. The van der Waals surface area contributed by atoms with Crippen molar-refractivity contribution in [1.82, 2.24) is 9.97 Å². The third-order valence-electron chi connectivity index (χ3n) is 3.83. The highest BCUT2D eigenvalue weighted by Crippen LogP contribution is 2.29. The van der Waals surface area contributed by atoms with Crippen molar-refractivity contribution >= 4 is 23.4 Å². The number of amides is 1. The Hall–Kier alpha value is -2.86. The molecule has 0 fully saturated rings. The van der Waals surface area contributed by atoms with Crippen LogP contribution in [0.4, 0.5) is 5.69 Å². The molecule has 0 aliphatic heterocycles. The van der Waals surface area contributed by atoms with Gasteiger partial charge in [0.15, 0.2) is 5.03 Å². The second-order valence-corrected chi connectivity index (χ2v) is 6.94. The van der Waals surface area contributed by atoms with E-state index in [4.69, 9.17) is 4.74 Å². The van der Waals surface area contributed by atoms with Crippen LogP contribution in [0, 0.1) is 6.92 Å². The van der Waals surface area contributed by atoms with Crippen LogP contribution < -0.4 is 10.1 Å². The van der Waals surface area contributed by atoms with Crippen molar-refractivity contribution in [1.29, 1.82) is 0 Å². The Labute approximate surface area is 163 Å². The number of rotatable bonds is 7. The van der Waals surface area contributed by atoms with Gasteiger partial charge in [-0.05, 0) is 43.2 Å². The van der Waals surface area contributed by atoms with Crippen molar-refractivity contribution in [3.05, 3.63) is 72.1 Å². The van der Waals surface area contributed by atoms with Gasteiger partial charge in [-0.1, -0.05) is 48.5 Å². The first-order valence-electron chi connectivity index (χ1n) is 8.71. The van der Waals surface area contributed by atoms with E-state index >= 15 is 0 Å². The topological polar surface area (TPSA) is 64.1 Å². The second-order valence-electron chi connectivity index (χ2n) is 5.97. The smallest absolute Gasteiger partial charge is 0.252 e. The molecule has 0 aliphatic rings. The van der Waals surface area contributed by atoms with E-state index in [1.54, 1.807) is 12.4 Å². The molecule has 0 saturated carbocycles. The van der Waals surface area contributed by atoms with Gasteiger partial charge in [-0.25, -0.2) is 9.97 Å². The highest BCUT2D eigenvalue weighted by Gasteiger charge is 2.11. The number of anilines is 1. The zero-order valence-electron chi connectivity index (χ0n) is 15.3. The molecule has 0 radical (unpaired) electrons. The highest BCUT2D eigenvalue weighted by atomic mass is 32.2. The number of thioether (sulfide) groups is 1. The van der Waals surface area contributed by atoms with E-state index in [0.717, 1.165) is 17.7 Å². The summed E-state index contributed by atoms with van der Waals surface area (Å²) in [7, 11) is 0. The van der Waals surface area contributed by atoms with Crippen LogP contribution >= 0.6 is 11.8 Å². The van der Waals surface area contributed by atoms with Crippen LogP contribution in [0.25, 0.3) is 0 Å². The van der Waals surface area contributed by atoms with Gasteiger partial charge >= 0.3 is 0 Å². The molecule has 1 aromatic heterocycles. The highest BCUT2D eigenvalue weighted by molar-refractivity contribution is 8.00. The molecule has 2 aromatic carbocycles. The lowest BCUT2D eigenvalue weighted by Gasteiger charge is -2.09. The van der Waals surface area contributed by atoms with Crippen molar-refractivity contribution in [2.24, 2.45) is 0 Å². The summed E-state index contributed by atoms with van der Waals surface area (Å²) >= 11 is 1.30. The third kappa shape index (κ3) is 5.56. The first kappa shape index (κ1) is 18.9. The molecule has 3 rings (SSSR count). The summed E-state index contributed by atoms with van der Waals surface area (Å²) in [4.78, 5) is 20.8. The van der Waals surface area contributed by atoms with E-state index in [1.165, 1.54) is 17.3 Å². The number of aryl methyl sites for hydroxylation is 2. The Morgan fingerprint density at radius 2 is 1.89 bits per heavy atom. The number of carbonyl (C=O) groups is 1. The summed E-state index contributed by atoms with van der Waals surface area (Å²) in [5.74, 6) is 1.20. The minimum Gasteiger partial charge on any atom is -0.437 e. The van der Waals surface area contributed by atoms with E-state index in [0.29, 0.717) is 16.7 Å². The zero-order chi connectivity index (χ0) is 19.1. The largest absolute Gasteiger partial charge is 0.437 e. The minimum atomic E-state index is -0.0970. The van der Waals surface area contributed by atoms with E-state index in [-0.39, 0.29) is 11.7 Å². The first-order valence-corrected chi connectivity index (χ1v) is 9.69. The molecule has 27 heavy (non-hydrogen) atoms. The number of carbonyl (C=O) groups excluding carboxylic acids is 1. The van der Waals surface area contributed by atoms with Gasteiger partial charge in [0.1, 0.15) is 5.75 Å². The molecule has 0 aliphatic carbocycles. The van der Waals surface area contributed by atoms with Crippen LogP contribution in [0.2, 0.25) is 0 Å². The van der Waals surface area contributed by atoms with Gasteiger partial charge in [0, 0.05) is 18.1 Å². The van der Waals surface area contributed by atoms with Gasteiger partial charge in [-0.15, -0.1) is 0 Å². The van der Waals surface area contributed by atoms with Crippen molar-refractivity contribution in [2.75, 3.05) is 11.1 Å². The maximum absolute atomic E-state index is 12.3. The number of hydrogen-bond acceptors (Lipinski definition) is 5. The van der Waals surface area contributed by atoms with E-state index in [2.05, 4.69) is 22.2 Å². The minimum absolute atomic E-state index is 0.0970. The normalized spacial score (nSPS) is 10.4. The Bertz CT molecular complexity index is 913. The van der Waals surface area contributed by atoms with E-state index < -0.39 is 0 Å². The molecule has 138 valence electrons. The van der Waals surface area contributed by atoms with Gasteiger partial charge in [0.25, 0.3) is 5.88 Å². The molecule has 0 spiro atoms. The quantitative estimate of drug-likeness (QED) is 0.593. The SMILES string of the molecule is CCc1cccc(NC(=O)CSc2nccnc2Oc2ccc(C)cc2)c1. The number of nitrogens with zero attached hydrogens (tertiary/aromatic N) is 2. The Kier molecular flexibility index (Phi) is 6.44. The molecule has 6 heteroatoms. The zero-order valence-corrected chi connectivity index (χ0v) is 16.1. The Balaban J connectivity index is 1.62. The van der Waals surface area contributed by atoms with E-state index in [1.807, 2.05) is 55.5 Å². The first-order chi connectivity index (χ1) is 13.1. The fraction of sp³-hybridized carbons (Fsp3) is 0.190. The molecule has 1 N–H and O–H groups in total. The Morgan fingerprint density at radius 1 is 1.11 bits per heavy atom. The molecule has 0 unspecified atom stereocenters. The number of aromatic nitrogens is 2. The van der Waals surface area contributed by atoms with Crippen LogP contribution in [-0.4, -0.2) is 21.6 Å². The summed E-state index contributed by atoms with van der Waals surface area (Å²) in [5, 5.41) is 3.49. The third-order valence-corrected chi connectivity index (χ3v) is 4.79. The average molecular weight is 379 g/mol. The molecule has 1 heterocycles. The second kappa shape index (κ2) is 9.19. The number of hydrogen-bond donors (Lipinski definition) is 1. The standard InChI is InChI=1S/C21H21N3O2S/c1-3-16-5-4-6-17(13-16)24-19(25)14-27-21-20(22-11-12-23-21)26-18-9-7-15(2)8-10-18/h4-13H,3,14H2,1-2H3,(H,24,25). The fourth-order valence-corrected chi connectivity index (χ4v) is 3.09. The summed E-state index contributed by atoms with van der Waals surface area (Å²) in [6, 6.07) is 15.5. The molecular weight excluding hydrogens is 358 g/mol. The predicted molar refractivity (Wildman–Crippen MR) is 108 cm³/mol. The lowest BCUT2D eigenvalue weighted by atomic mass is 10.1. The van der Waals surface area contributed by atoms with Crippen LogP contribution in [0.3, 0.4) is 0 Å².